The van der Waals surface area contributed by atoms with Gasteiger partial charge in [-0.3, -0.25) is 0 Å². The second kappa shape index (κ2) is 4.07. The summed E-state index contributed by atoms with van der Waals surface area (Å²) in [7, 11) is -3.06. The summed E-state index contributed by atoms with van der Waals surface area (Å²) in [5.74, 6) is 0. The first kappa shape index (κ1) is 10.9. The van der Waals surface area contributed by atoms with Crippen LogP contribution in [0.4, 0.5) is 0 Å². The third kappa shape index (κ3) is 3.72. The smallest absolute Gasteiger partial charge is 0.212 e. The van der Waals surface area contributed by atoms with Crippen LogP contribution < -0.4 is 4.72 Å². The van der Waals surface area contributed by atoms with E-state index in [0.717, 1.165) is 0 Å². The van der Waals surface area contributed by atoms with E-state index in [9.17, 15) is 8.42 Å². The van der Waals surface area contributed by atoms with E-state index < -0.39 is 10.0 Å². The van der Waals surface area contributed by atoms with Crippen molar-refractivity contribution >= 4 is 10.0 Å². The quantitative estimate of drug-likeness (QED) is 0.702. The van der Waals surface area contributed by atoms with Gasteiger partial charge in [0.15, 0.2) is 0 Å². The van der Waals surface area contributed by atoms with Gasteiger partial charge in [0, 0.05) is 6.04 Å². The second-order valence-electron chi connectivity index (χ2n) is 3.04. The minimum absolute atomic E-state index is 0.00556. The molecule has 0 aliphatic heterocycles. The first-order valence-corrected chi connectivity index (χ1v) is 5.46. The first-order chi connectivity index (χ1) is 4.90. The van der Waals surface area contributed by atoms with Gasteiger partial charge in [-0.15, -0.1) is 0 Å². The summed E-state index contributed by atoms with van der Waals surface area (Å²) in [6.07, 6.45) is 0.655. The Balaban J connectivity index is 4.23. The molecule has 4 heteroatoms. The van der Waals surface area contributed by atoms with Gasteiger partial charge in [0.05, 0.1) is 5.25 Å². The molecule has 3 nitrogen and oxygen atoms in total. The molecule has 0 aliphatic rings. The van der Waals surface area contributed by atoms with Crippen molar-refractivity contribution < 1.29 is 8.42 Å². The summed E-state index contributed by atoms with van der Waals surface area (Å²) >= 11 is 0. The lowest BCUT2D eigenvalue weighted by Crippen LogP contribution is -2.36. The lowest BCUT2D eigenvalue weighted by molar-refractivity contribution is 0.555. The van der Waals surface area contributed by atoms with Crippen molar-refractivity contribution in [3.63, 3.8) is 0 Å². The van der Waals surface area contributed by atoms with E-state index in [1.54, 1.807) is 6.92 Å². The van der Waals surface area contributed by atoms with Crippen LogP contribution in [0.1, 0.15) is 34.1 Å². The highest BCUT2D eigenvalue weighted by atomic mass is 32.2. The Morgan fingerprint density at radius 3 is 2.00 bits per heavy atom. The van der Waals surface area contributed by atoms with Crippen LogP contribution in [-0.2, 0) is 10.0 Å². The van der Waals surface area contributed by atoms with Gasteiger partial charge >= 0.3 is 0 Å². The Hall–Kier alpha value is -0.0900. The van der Waals surface area contributed by atoms with Crippen LogP contribution in [0, 0.1) is 0 Å². The van der Waals surface area contributed by atoms with Crippen molar-refractivity contribution in [2.24, 2.45) is 0 Å². The molecule has 0 heterocycles. The number of hydrogen-bond acceptors (Lipinski definition) is 2. The van der Waals surface area contributed by atoms with E-state index >= 15 is 0 Å². The number of sulfonamides is 1. The SMILES string of the molecule is CCC(C)S(=O)(=O)NC(C)C. The lowest BCUT2D eigenvalue weighted by atomic mass is 10.4. The van der Waals surface area contributed by atoms with Crippen molar-refractivity contribution in [1.29, 1.82) is 0 Å². The molecule has 1 unspecified atom stereocenters. The molecule has 0 saturated heterocycles. The molecular formula is C7H17NO2S. The highest BCUT2D eigenvalue weighted by Gasteiger charge is 2.18. The predicted molar refractivity (Wildman–Crippen MR) is 46.9 cm³/mol. The molecule has 11 heavy (non-hydrogen) atoms. The minimum atomic E-state index is -3.06. The van der Waals surface area contributed by atoms with Crippen LogP contribution in [0.25, 0.3) is 0 Å². The van der Waals surface area contributed by atoms with Crippen molar-refractivity contribution in [2.45, 2.75) is 45.4 Å². The van der Waals surface area contributed by atoms with Crippen molar-refractivity contribution in [3.8, 4) is 0 Å². The molecule has 1 N–H and O–H groups in total. The summed E-state index contributed by atoms with van der Waals surface area (Å²) in [6.45, 7) is 7.22. The third-order valence-corrected chi connectivity index (χ3v) is 3.70. The fourth-order valence-corrected chi connectivity index (χ4v) is 1.99. The Bertz CT molecular complexity index is 196. The normalized spacial score (nSPS) is 15.4. The number of nitrogens with one attached hydrogen (secondary N) is 1. The van der Waals surface area contributed by atoms with Crippen LogP contribution in [-0.4, -0.2) is 19.7 Å². The minimum Gasteiger partial charge on any atom is -0.212 e. The standard InChI is InChI=1S/C7H17NO2S/c1-5-7(4)11(9,10)8-6(2)3/h6-8H,5H2,1-4H3. The Labute approximate surface area is 69.2 Å². The monoisotopic (exact) mass is 179 g/mol. The van der Waals surface area contributed by atoms with Gasteiger partial charge in [0.2, 0.25) is 10.0 Å². The maximum atomic E-state index is 11.3. The summed E-state index contributed by atoms with van der Waals surface area (Å²) in [5.41, 5.74) is 0. The van der Waals surface area contributed by atoms with Crippen LogP contribution in [0.15, 0.2) is 0 Å². The zero-order valence-corrected chi connectivity index (χ0v) is 8.40. The topological polar surface area (TPSA) is 46.2 Å². The predicted octanol–water partition coefficient (Wildman–Crippen LogP) is 1.11. The Morgan fingerprint density at radius 1 is 1.27 bits per heavy atom. The number of rotatable bonds is 4. The zero-order valence-electron chi connectivity index (χ0n) is 7.59. The fourth-order valence-electron chi connectivity index (χ4n) is 0.664. The molecule has 0 fully saturated rings. The molecule has 0 amide bonds. The van der Waals surface area contributed by atoms with E-state index in [1.165, 1.54) is 0 Å². The first-order valence-electron chi connectivity index (χ1n) is 3.91. The van der Waals surface area contributed by atoms with Crippen LogP contribution in [0.5, 0.6) is 0 Å². The van der Waals surface area contributed by atoms with Gasteiger partial charge in [-0.2, -0.15) is 0 Å². The highest BCUT2D eigenvalue weighted by Crippen LogP contribution is 2.02. The van der Waals surface area contributed by atoms with Crippen LogP contribution >= 0.6 is 0 Å². The lowest BCUT2D eigenvalue weighted by Gasteiger charge is -2.13. The largest absolute Gasteiger partial charge is 0.214 e. The van der Waals surface area contributed by atoms with Gasteiger partial charge in [-0.25, -0.2) is 13.1 Å². The molecule has 0 aliphatic carbocycles. The summed E-state index contributed by atoms with van der Waals surface area (Å²) in [5, 5.41) is -0.287. The highest BCUT2D eigenvalue weighted by molar-refractivity contribution is 7.90. The van der Waals surface area contributed by atoms with Crippen molar-refractivity contribution in [3.05, 3.63) is 0 Å². The molecule has 0 aromatic heterocycles. The van der Waals surface area contributed by atoms with Crippen molar-refractivity contribution in [1.82, 2.24) is 4.72 Å². The molecule has 0 aromatic rings. The molecular weight excluding hydrogens is 162 g/mol. The van der Waals surface area contributed by atoms with Gasteiger partial charge < -0.3 is 0 Å². The molecule has 0 spiro atoms. The van der Waals surface area contributed by atoms with Gasteiger partial charge in [-0.1, -0.05) is 6.92 Å². The fraction of sp³-hybridized carbons (Fsp3) is 1.00. The zero-order chi connectivity index (χ0) is 9.07. The molecule has 0 rings (SSSR count). The molecule has 0 radical (unpaired) electrons. The molecule has 0 saturated carbocycles. The average Bonchev–Trinajstić information content (AvgIpc) is 1.83. The maximum Gasteiger partial charge on any atom is 0.214 e. The van der Waals surface area contributed by atoms with E-state index in [2.05, 4.69) is 4.72 Å². The second-order valence-corrected chi connectivity index (χ2v) is 5.17. The maximum absolute atomic E-state index is 11.3. The average molecular weight is 179 g/mol. The molecule has 1 atom stereocenters. The Morgan fingerprint density at radius 2 is 1.73 bits per heavy atom. The van der Waals surface area contributed by atoms with Gasteiger partial charge in [-0.05, 0) is 27.2 Å². The van der Waals surface area contributed by atoms with E-state index in [-0.39, 0.29) is 11.3 Å². The summed E-state index contributed by atoms with van der Waals surface area (Å²) in [4.78, 5) is 0. The van der Waals surface area contributed by atoms with E-state index in [4.69, 9.17) is 0 Å². The van der Waals surface area contributed by atoms with Crippen LogP contribution in [0.3, 0.4) is 0 Å². The summed E-state index contributed by atoms with van der Waals surface area (Å²) < 4.78 is 25.1. The van der Waals surface area contributed by atoms with E-state index in [1.807, 2.05) is 20.8 Å². The Kier molecular flexibility index (Phi) is 4.03. The molecule has 0 aromatic carbocycles. The molecule has 68 valence electrons. The molecule has 0 bridgehead atoms. The third-order valence-electron chi connectivity index (χ3n) is 1.50. The van der Waals surface area contributed by atoms with Crippen molar-refractivity contribution in [2.75, 3.05) is 0 Å². The number of hydrogen-bond donors (Lipinski definition) is 1. The summed E-state index contributed by atoms with van der Waals surface area (Å²) in [6, 6.07) is -0.00556. The van der Waals surface area contributed by atoms with E-state index in [0.29, 0.717) is 6.42 Å². The van der Waals surface area contributed by atoms with Crippen LogP contribution in [0.2, 0.25) is 0 Å². The van der Waals surface area contributed by atoms with Gasteiger partial charge in [0.1, 0.15) is 0 Å². The van der Waals surface area contributed by atoms with Gasteiger partial charge in [0.25, 0.3) is 0 Å².